The van der Waals surface area contributed by atoms with E-state index in [1.165, 1.54) is 5.56 Å². The summed E-state index contributed by atoms with van der Waals surface area (Å²) in [5.74, 6) is 1.18. The number of likely N-dealkylation sites (N-methyl/N-ethyl adjacent to an activating group) is 1. The van der Waals surface area contributed by atoms with Crippen LogP contribution in [0.25, 0.3) is 0 Å². The molecule has 1 rings (SSSR count). The fourth-order valence-electron chi connectivity index (χ4n) is 3.02. The summed E-state index contributed by atoms with van der Waals surface area (Å²) in [6.07, 6.45) is -0.595. The maximum Gasteiger partial charge on any atom is 0.191 e. The predicted octanol–water partition coefficient (Wildman–Crippen LogP) is 3.28. The van der Waals surface area contributed by atoms with Gasteiger partial charge in [0, 0.05) is 19.7 Å². The van der Waals surface area contributed by atoms with Gasteiger partial charge in [0.1, 0.15) is 0 Å². The van der Waals surface area contributed by atoms with E-state index in [2.05, 4.69) is 72.5 Å². The van der Waals surface area contributed by atoms with Crippen LogP contribution in [-0.2, 0) is 4.74 Å². The van der Waals surface area contributed by atoms with E-state index in [0.29, 0.717) is 25.7 Å². The van der Waals surface area contributed by atoms with Gasteiger partial charge in [0.2, 0.25) is 0 Å². The molecule has 0 spiro atoms. The van der Waals surface area contributed by atoms with Crippen molar-refractivity contribution in [3.05, 3.63) is 35.9 Å². The Hall–Kier alpha value is -0.900. The van der Waals surface area contributed by atoms with Gasteiger partial charge in [0.25, 0.3) is 0 Å². The highest BCUT2D eigenvalue weighted by Crippen LogP contribution is 2.19. The van der Waals surface area contributed by atoms with Crippen molar-refractivity contribution in [1.29, 1.82) is 0 Å². The van der Waals surface area contributed by atoms with Crippen molar-refractivity contribution >= 4 is 29.9 Å². The molecule has 3 N–H and O–H groups in total. The number of aliphatic imine (C=N–C) groups is 1. The fraction of sp³-hybridized carbons (Fsp3) is 0.682. The molecule has 0 radical (unpaired) electrons. The number of nitrogens with zero attached hydrogens (tertiary/aromatic N) is 2. The average Bonchev–Trinajstić information content (AvgIpc) is 2.69. The number of hydrogen-bond acceptors (Lipinski definition) is 4. The maximum absolute atomic E-state index is 10.1. The van der Waals surface area contributed by atoms with Crippen molar-refractivity contribution in [2.24, 2.45) is 10.9 Å². The SMILES string of the molecule is CCNC(=NCC(O)COCC(C)C)NCC(c1ccccc1)N(CC)CC.I. The molecule has 0 aliphatic carbocycles. The molecular formula is C22H41IN4O2. The lowest BCUT2D eigenvalue weighted by Gasteiger charge is -2.31. The minimum Gasteiger partial charge on any atom is -0.389 e. The Bertz CT molecular complexity index is 539. The van der Waals surface area contributed by atoms with Gasteiger partial charge < -0.3 is 20.5 Å². The van der Waals surface area contributed by atoms with Gasteiger partial charge >= 0.3 is 0 Å². The van der Waals surface area contributed by atoms with Crippen molar-refractivity contribution in [2.45, 2.75) is 46.8 Å². The fourth-order valence-corrected chi connectivity index (χ4v) is 3.02. The standard InChI is InChI=1S/C22H40N4O2.HI/c1-6-23-22(24-14-20(27)17-28-16-18(4)5)25-15-21(26(7-2)8-3)19-12-10-9-11-13-19;/h9-13,18,20-21,27H,6-8,14-17H2,1-5H3,(H2,23,24,25);1H. The first-order valence-electron chi connectivity index (χ1n) is 10.6. The number of ether oxygens (including phenoxy) is 1. The largest absolute Gasteiger partial charge is 0.389 e. The molecule has 0 heterocycles. The second kappa shape index (κ2) is 16.8. The van der Waals surface area contributed by atoms with Crippen LogP contribution in [0.15, 0.2) is 35.3 Å². The van der Waals surface area contributed by atoms with Gasteiger partial charge in [0.15, 0.2) is 5.96 Å². The quantitative estimate of drug-likeness (QED) is 0.212. The molecule has 0 saturated carbocycles. The molecule has 0 saturated heterocycles. The number of aliphatic hydroxyl groups excluding tert-OH is 1. The van der Waals surface area contributed by atoms with Crippen molar-refractivity contribution < 1.29 is 9.84 Å². The van der Waals surface area contributed by atoms with Gasteiger partial charge in [-0.2, -0.15) is 0 Å². The number of halogens is 1. The third kappa shape index (κ3) is 11.8. The summed E-state index contributed by atoms with van der Waals surface area (Å²) in [4.78, 5) is 6.96. The summed E-state index contributed by atoms with van der Waals surface area (Å²) in [5.41, 5.74) is 1.29. The molecule has 2 unspecified atom stereocenters. The molecule has 0 fully saturated rings. The zero-order chi connectivity index (χ0) is 20.8. The van der Waals surface area contributed by atoms with Crippen LogP contribution in [0.5, 0.6) is 0 Å². The lowest BCUT2D eigenvalue weighted by molar-refractivity contribution is 0.0301. The first-order valence-corrected chi connectivity index (χ1v) is 10.6. The molecule has 2 atom stereocenters. The summed E-state index contributed by atoms with van der Waals surface area (Å²) < 4.78 is 5.50. The Kier molecular flexibility index (Phi) is 16.3. The lowest BCUT2D eigenvalue weighted by Crippen LogP contribution is -2.43. The molecule has 1 aromatic carbocycles. The predicted molar refractivity (Wildman–Crippen MR) is 133 cm³/mol. The van der Waals surface area contributed by atoms with Gasteiger partial charge in [0.05, 0.1) is 25.3 Å². The highest BCUT2D eigenvalue weighted by Gasteiger charge is 2.18. The Morgan fingerprint density at radius 1 is 1.07 bits per heavy atom. The van der Waals surface area contributed by atoms with Crippen molar-refractivity contribution in [2.75, 3.05) is 45.9 Å². The molecule has 0 bridgehead atoms. The number of hydrogen-bond donors (Lipinski definition) is 3. The van der Waals surface area contributed by atoms with E-state index in [9.17, 15) is 5.11 Å². The molecule has 1 aromatic rings. The van der Waals surface area contributed by atoms with Gasteiger partial charge in [-0.25, -0.2) is 0 Å². The summed E-state index contributed by atoms with van der Waals surface area (Å²) >= 11 is 0. The van der Waals surface area contributed by atoms with Crippen molar-refractivity contribution in [1.82, 2.24) is 15.5 Å². The molecule has 0 aliphatic heterocycles. The van der Waals surface area contributed by atoms with E-state index >= 15 is 0 Å². The van der Waals surface area contributed by atoms with E-state index < -0.39 is 6.10 Å². The number of benzene rings is 1. The summed E-state index contributed by atoms with van der Waals surface area (Å²) in [5, 5.41) is 16.8. The van der Waals surface area contributed by atoms with Crippen LogP contribution in [-0.4, -0.2) is 68.0 Å². The molecular weight excluding hydrogens is 479 g/mol. The summed E-state index contributed by atoms with van der Waals surface area (Å²) in [6, 6.07) is 10.8. The number of aliphatic hydroxyl groups is 1. The van der Waals surface area contributed by atoms with Crippen LogP contribution in [0, 0.1) is 5.92 Å². The first kappa shape index (κ1) is 28.1. The van der Waals surface area contributed by atoms with Crippen LogP contribution >= 0.6 is 24.0 Å². The van der Waals surface area contributed by atoms with Crippen LogP contribution < -0.4 is 10.6 Å². The van der Waals surface area contributed by atoms with E-state index in [-0.39, 0.29) is 30.0 Å². The topological polar surface area (TPSA) is 69.1 Å². The van der Waals surface area contributed by atoms with E-state index in [4.69, 9.17) is 4.74 Å². The maximum atomic E-state index is 10.1. The van der Waals surface area contributed by atoms with Crippen molar-refractivity contribution in [3.8, 4) is 0 Å². The second-order valence-corrected chi connectivity index (χ2v) is 7.33. The van der Waals surface area contributed by atoms with E-state index in [0.717, 1.165) is 32.1 Å². The van der Waals surface area contributed by atoms with E-state index in [1.54, 1.807) is 0 Å². The minimum atomic E-state index is -0.595. The number of nitrogens with one attached hydrogen (secondary N) is 2. The lowest BCUT2D eigenvalue weighted by atomic mass is 10.1. The normalized spacial score (nSPS) is 13.9. The Morgan fingerprint density at radius 3 is 2.28 bits per heavy atom. The molecule has 6 nitrogen and oxygen atoms in total. The second-order valence-electron chi connectivity index (χ2n) is 7.33. The number of rotatable bonds is 13. The van der Waals surface area contributed by atoms with Crippen LogP contribution in [0.4, 0.5) is 0 Å². The smallest absolute Gasteiger partial charge is 0.191 e. The molecule has 168 valence electrons. The van der Waals surface area contributed by atoms with Crippen molar-refractivity contribution in [3.63, 3.8) is 0 Å². The monoisotopic (exact) mass is 520 g/mol. The zero-order valence-electron chi connectivity index (χ0n) is 18.7. The third-order valence-corrected chi connectivity index (χ3v) is 4.47. The van der Waals surface area contributed by atoms with Gasteiger partial charge in [-0.3, -0.25) is 9.89 Å². The van der Waals surface area contributed by atoms with Crippen LogP contribution in [0.1, 0.15) is 46.2 Å². The molecule has 0 amide bonds. The van der Waals surface area contributed by atoms with Crippen LogP contribution in [0.2, 0.25) is 0 Å². The van der Waals surface area contributed by atoms with Crippen LogP contribution in [0.3, 0.4) is 0 Å². The molecule has 0 aliphatic rings. The van der Waals surface area contributed by atoms with Gasteiger partial charge in [-0.1, -0.05) is 58.0 Å². The average molecular weight is 521 g/mol. The van der Waals surface area contributed by atoms with Gasteiger partial charge in [-0.15, -0.1) is 24.0 Å². The first-order chi connectivity index (χ1) is 13.5. The summed E-state index contributed by atoms with van der Waals surface area (Å²) in [7, 11) is 0. The van der Waals surface area contributed by atoms with E-state index in [1.807, 2.05) is 13.0 Å². The third-order valence-electron chi connectivity index (χ3n) is 4.47. The number of guanidine groups is 1. The molecule has 29 heavy (non-hydrogen) atoms. The Balaban J connectivity index is 0.00000784. The minimum absolute atomic E-state index is 0. The Morgan fingerprint density at radius 2 is 1.72 bits per heavy atom. The highest BCUT2D eigenvalue weighted by molar-refractivity contribution is 14.0. The summed E-state index contributed by atoms with van der Waals surface area (Å²) in [6.45, 7) is 15.4. The Labute approximate surface area is 194 Å². The molecule has 0 aromatic heterocycles. The molecule has 7 heteroatoms. The highest BCUT2D eigenvalue weighted by atomic mass is 127. The van der Waals surface area contributed by atoms with Gasteiger partial charge in [-0.05, 0) is 31.5 Å². The zero-order valence-corrected chi connectivity index (χ0v) is 21.1.